The number of ether oxygens (including phenoxy) is 2. The molecule has 116 valence electrons. The van der Waals surface area contributed by atoms with Crippen LogP contribution in [0.4, 0.5) is 0 Å². The number of amidine groups is 1. The topological polar surface area (TPSA) is 56.8 Å². The number of aliphatic imine (C=N–C) groups is 1. The second kappa shape index (κ2) is 8.08. The van der Waals surface area contributed by atoms with Crippen LogP contribution in [0.5, 0.6) is 11.5 Å². The van der Waals surface area contributed by atoms with E-state index in [4.69, 9.17) is 15.2 Å². The quantitative estimate of drug-likeness (QED) is 0.631. The lowest BCUT2D eigenvalue weighted by Gasteiger charge is -2.12. The summed E-state index contributed by atoms with van der Waals surface area (Å²) in [6, 6.07) is 17.5. The van der Waals surface area contributed by atoms with E-state index >= 15 is 0 Å². The van der Waals surface area contributed by atoms with Gasteiger partial charge in [0.05, 0.1) is 19.5 Å². The maximum Gasteiger partial charge on any atom is 0.119 e. The van der Waals surface area contributed by atoms with Crippen LogP contribution < -0.4 is 15.2 Å². The van der Waals surface area contributed by atoms with Gasteiger partial charge in [-0.05, 0) is 36.8 Å². The van der Waals surface area contributed by atoms with Crippen LogP contribution in [0.25, 0.3) is 0 Å². The van der Waals surface area contributed by atoms with Gasteiger partial charge >= 0.3 is 0 Å². The molecule has 0 radical (unpaired) electrons. The highest BCUT2D eigenvalue weighted by Crippen LogP contribution is 2.12. The van der Waals surface area contributed by atoms with Crippen LogP contribution in [-0.4, -0.2) is 25.6 Å². The van der Waals surface area contributed by atoms with Crippen molar-refractivity contribution in [3.8, 4) is 11.5 Å². The van der Waals surface area contributed by atoms with Gasteiger partial charge in [0.1, 0.15) is 17.6 Å². The van der Waals surface area contributed by atoms with Gasteiger partial charge in [-0.15, -0.1) is 0 Å². The van der Waals surface area contributed by atoms with E-state index in [-0.39, 0.29) is 6.10 Å². The van der Waals surface area contributed by atoms with E-state index in [1.54, 1.807) is 7.11 Å². The van der Waals surface area contributed by atoms with Crippen molar-refractivity contribution < 1.29 is 9.47 Å². The van der Waals surface area contributed by atoms with Crippen molar-refractivity contribution in [3.05, 3.63) is 60.2 Å². The lowest BCUT2D eigenvalue weighted by Crippen LogP contribution is -2.21. The first-order chi connectivity index (χ1) is 10.7. The summed E-state index contributed by atoms with van der Waals surface area (Å²) >= 11 is 0. The third-order valence-corrected chi connectivity index (χ3v) is 3.18. The monoisotopic (exact) mass is 298 g/mol. The molecule has 0 saturated carbocycles. The van der Waals surface area contributed by atoms with Crippen molar-refractivity contribution in [1.82, 2.24) is 0 Å². The molecular weight excluding hydrogens is 276 g/mol. The molecule has 0 saturated heterocycles. The molecule has 2 rings (SSSR count). The smallest absolute Gasteiger partial charge is 0.119 e. The van der Waals surface area contributed by atoms with Crippen LogP contribution in [-0.2, 0) is 6.42 Å². The fraction of sp³-hybridized carbons (Fsp3) is 0.278. The second-order valence-corrected chi connectivity index (χ2v) is 5.10. The normalized spacial score (nSPS) is 12.7. The van der Waals surface area contributed by atoms with Gasteiger partial charge in [0.2, 0.25) is 0 Å². The van der Waals surface area contributed by atoms with E-state index in [1.165, 1.54) is 0 Å². The summed E-state index contributed by atoms with van der Waals surface area (Å²) in [5, 5.41) is 0. The Bertz CT molecular complexity index is 594. The van der Waals surface area contributed by atoms with E-state index in [1.807, 2.05) is 61.5 Å². The molecule has 1 unspecified atom stereocenters. The Morgan fingerprint density at radius 3 is 2.36 bits per heavy atom. The fourth-order valence-corrected chi connectivity index (χ4v) is 2.02. The van der Waals surface area contributed by atoms with Crippen molar-refractivity contribution >= 4 is 5.84 Å². The highest BCUT2D eigenvalue weighted by Gasteiger charge is 2.04. The number of rotatable bonds is 7. The lowest BCUT2D eigenvalue weighted by molar-refractivity contribution is 0.230. The minimum absolute atomic E-state index is 0.0168. The number of hydrogen-bond donors (Lipinski definition) is 1. The van der Waals surface area contributed by atoms with Crippen LogP contribution in [0, 0.1) is 0 Å². The third kappa shape index (κ3) is 5.13. The van der Waals surface area contributed by atoms with Gasteiger partial charge in [0.25, 0.3) is 0 Å². The van der Waals surface area contributed by atoms with Crippen LogP contribution in [0.1, 0.15) is 12.5 Å². The minimum Gasteiger partial charge on any atom is -0.497 e. The van der Waals surface area contributed by atoms with E-state index < -0.39 is 0 Å². The van der Waals surface area contributed by atoms with Crippen molar-refractivity contribution in [2.75, 3.05) is 13.7 Å². The standard InChI is InChI=1S/C18H22N2O2/c1-14(22-17-6-4-3-5-7-17)13-20-18(19)12-15-8-10-16(21-2)11-9-15/h3-11,14H,12-13H2,1-2H3,(H2,19,20). The summed E-state index contributed by atoms with van der Waals surface area (Å²) in [7, 11) is 1.65. The van der Waals surface area contributed by atoms with Crippen molar-refractivity contribution in [1.29, 1.82) is 0 Å². The van der Waals surface area contributed by atoms with Crippen LogP contribution in [0.3, 0.4) is 0 Å². The Hall–Kier alpha value is -2.49. The Kier molecular flexibility index (Phi) is 5.83. The minimum atomic E-state index is -0.0168. The largest absolute Gasteiger partial charge is 0.497 e. The van der Waals surface area contributed by atoms with Crippen LogP contribution in [0.2, 0.25) is 0 Å². The summed E-state index contributed by atoms with van der Waals surface area (Å²) in [5.41, 5.74) is 7.09. The Morgan fingerprint density at radius 1 is 1.05 bits per heavy atom. The summed E-state index contributed by atoms with van der Waals surface area (Å²) in [5.74, 6) is 2.29. The fourth-order valence-electron chi connectivity index (χ4n) is 2.02. The molecule has 2 aromatic rings. The molecule has 22 heavy (non-hydrogen) atoms. The molecule has 2 aromatic carbocycles. The highest BCUT2D eigenvalue weighted by molar-refractivity contribution is 5.82. The summed E-state index contributed by atoms with van der Waals surface area (Å²) in [6.45, 7) is 2.52. The van der Waals surface area contributed by atoms with Crippen molar-refractivity contribution in [2.45, 2.75) is 19.4 Å². The third-order valence-electron chi connectivity index (χ3n) is 3.18. The van der Waals surface area contributed by atoms with Crippen LogP contribution >= 0.6 is 0 Å². The van der Waals surface area contributed by atoms with Gasteiger partial charge in [-0.1, -0.05) is 30.3 Å². The average molecular weight is 298 g/mol. The molecule has 0 bridgehead atoms. The molecule has 0 heterocycles. The van der Waals surface area contributed by atoms with Gasteiger partial charge in [0, 0.05) is 6.42 Å². The molecule has 0 amide bonds. The Labute approximate surface area is 131 Å². The molecule has 0 aromatic heterocycles. The summed E-state index contributed by atoms with van der Waals surface area (Å²) < 4.78 is 10.9. The first-order valence-electron chi connectivity index (χ1n) is 7.31. The summed E-state index contributed by atoms with van der Waals surface area (Å²) in [6.07, 6.45) is 0.610. The van der Waals surface area contributed by atoms with E-state index in [2.05, 4.69) is 4.99 Å². The number of benzene rings is 2. The number of hydrogen-bond acceptors (Lipinski definition) is 3. The van der Waals surface area contributed by atoms with E-state index in [0.717, 1.165) is 17.1 Å². The molecule has 4 nitrogen and oxygen atoms in total. The van der Waals surface area contributed by atoms with Gasteiger partial charge in [-0.2, -0.15) is 0 Å². The molecular formula is C18H22N2O2. The van der Waals surface area contributed by atoms with Gasteiger partial charge < -0.3 is 15.2 Å². The van der Waals surface area contributed by atoms with E-state index in [0.29, 0.717) is 18.8 Å². The van der Waals surface area contributed by atoms with Crippen molar-refractivity contribution in [2.24, 2.45) is 10.7 Å². The first kappa shape index (κ1) is 15.9. The molecule has 2 N–H and O–H groups in total. The Balaban J connectivity index is 1.83. The molecule has 0 fully saturated rings. The molecule has 0 aliphatic heterocycles. The second-order valence-electron chi connectivity index (χ2n) is 5.10. The first-order valence-corrected chi connectivity index (χ1v) is 7.31. The SMILES string of the molecule is COc1ccc(CC(N)=NCC(C)Oc2ccccc2)cc1. The Morgan fingerprint density at radius 2 is 1.73 bits per heavy atom. The predicted molar refractivity (Wildman–Crippen MR) is 89.7 cm³/mol. The number of nitrogens with two attached hydrogens (primary N) is 1. The van der Waals surface area contributed by atoms with Gasteiger partial charge in [-0.25, -0.2) is 0 Å². The maximum absolute atomic E-state index is 5.98. The zero-order chi connectivity index (χ0) is 15.8. The zero-order valence-electron chi connectivity index (χ0n) is 13.0. The lowest BCUT2D eigenvalue weighted by atomic mass is 10.1. The molecule has 0 aliphatic carbocycles. The molecule has 4 heteroatoms. The van der Waals surface area contributed by atoms with E-state index in [9.17, 15) is 0 Å². The predicted octanol–water partition coefficient (Wildman–Crippen LogP) is 3.06. The number of nitrogens with zero attached hydrogens (tertiary/aromatic N) is 1. The molecule has 0 aliphatic rings. The number of para-hydroxylation sites is 1. The van der Waals surface area contributed by atoms with Gasteiger partial charge in [0.15, 0.2) is 0 Å². The van der Waals surface area contributed by atoms with Crippen LogP contribution in [0.15, 0.2) is 59.6 Å². The van der Waals surface area contributed by atoms with Gasteiger partial charge in [-0.3, -0.25) is 4.99 Å². The van der Waals surface area contributed by atoms with Crippen molar-refractivity contribution in [3.63, 3.8) is 0 Å². The maximum atomic E-state index is 5.98. The molecule has 0 spiro atoms. The zero-order valence-corrected chi connectivity index (χ0v) is 13.0. The average Bonchev–Trinajstić information content (AvgIpc) is 2.55. The molecule has 1 atom stereocenters. The number of methoxy groups -OCH3 is 1. The highest BCUT2D eigenvalue weighted by atomic mass is 16.5. The summed E-state index contributed by atoms with van der Waals surface area (Å²) in [4.78, 5) is 4.40.